The summed E-state index contributed by atoms with van der Waals surface area (Å²) >= 11 is 0. The van der Waals surface area contributed by atoms with E-state index in [4.69, 9.17) is 0 Å². The largest absolute Gasteiger partial charge is 0.309 e. The maximum Gasteiger partial charge on any atom is 0.0641 e. The fourth-order valence-corrected chi connectivity index (χ4v) is 9.32. The molecular weight excluding hydrogens is 691 g/mol. The quantitative estimate of drug-likeness (QED) is 0.168. The molecule has 0 saturated carbocycles. The lowest BCUT2D eigenvalue weighted by atomic mass is 9.97. The molecule has 12 aromatic rings. The van der Waals surface area contributed by atoms with Gasteiger partial charge in [-0.15, -0.1) is 0 Å². The lowest BCUT2D eigenvalue weighted by molar-refractivity contribution is 1.17. The van der Waals surface area contributed by atoms with Crippen LogP contribution >= 0.6 is 0 Å². The molecule has 3 heteroatoms. The molecule has 3 nitrogen and oxygen atoms in total. The number of hydrogen-bond acceptors (Lipinski definition) is 0. The summed E-state index contributed by atoms with van der Waals surface area (Å²) in [5, 5.41) is 7.53. The molecule has 0 saturated heterocycles. The molecule has 0 unspecified atom stereocenters. The topological polar surface area (TPSA) is 14.8 Å². The molecule has 0 fully saturated rings. The van der Waals surface area contributed by atoms with E-state index in [0.29, 0.717) is 0 Å². The highest BCUT2D eigenvalue weighted by Crippen LogP contribution is 2.43. The Bertz CT molecular complexity index is 3500. The van der Waals surface area contributed by atoms with E-state index in [0.717, 1.165) is 17.1 Å². The smallest absolute Gasteiger partial charge is 0.0641 e. The first-order chi connectivity index (χ1) is 28.3. The van der Waals surface area contributed by atoms with E-state index in [2.05, 4.69) is 226 Å². The van der Waals surface area contributed by atoms with Crippen LogP contribution in [0.1, 0.15) is 0 Å². The van der Waals surface area contributed by atoms with E-state index in [1.165, 1.54) is 87.7 Å². The van der Waals surface area contributed by atoms with Gasteiger partial charge in [0, 0.05) is 49.4 Å². The standard InChI is InChI=1S/C54H35N3/c1-4-17-40(18-5-1)55-48-25-12-10-23-43(48)45-29-27-38(34-51(45)55)36-15-14-16-37(33-36)39-28-30-47-52(35-39)56(41-19-6-2-7-20-41)50-32-31-46-44-24-11-13-26-49(44)57(54(46)53(47)50)42-21-8-3-9-22-42/h1-35H. The minimum Gasteiger partial charge on any atom is -0.309 e. The van der Waals surface area contributed by atoms with Crippen LogP contribution in [-0.2, 0) is 0 Å². The molecule has 0 N–H and O–H groups in total. The first-order valence-corrected chi connectivity index (χ1v) is 19.6. The molecule has 0 atom stereocenters. The van der Waals surface area contributed by atoms with Gasteiger partial charge in [-0.2, -0.15) is 0 Å². The molecule has 12 rings (SSSR count). The lowest BCUT2D eigenvalue weighted by Crippen LogP contribution is -1.95. The highest BCUT2D eigenvalue weighted by molar-refractivity contribution is 6.26. The van der Waals surface area contributed by atoms with E-state index in [1.54, 1.807) is 0 Å². The van der Waals surface area contributed by atoms with Gasteiger partial charge in [0.15, 0.2) is 0 Å². The summed E-state index contributed by atoms with van der Waals surface area (Å²) < 4.78 is 7.29. The average molecular weight is 726 g/mol. The molecule has 0 aliphatic carbocycles. The van der Waals surface area contributed by atoms with Crippen molar-refractivity contribution in [2.24, 2.45) is 0 Å². The van der Waals surface area contributed by atoms with Gasteiger partial charge < -0.3 is 13.7 Å². The van der Waals surface area contributed by atoms with Gasteiger partial charge in [-0.05, 0) is 95.1 Å². The van der Waals surface area contributed by atoms with Crippen LogP contribution in [0.3, 0.4) is 0 Å². The predicted octanol–water partition coefficient (Wildman–Crippen LogP) is 14.3. The van der Waals surface area contributed by atoms with Gasteiger partial charge in [-0.3, -0.25) is 0 Å². The Morgan fingerprint density at radius 1 is 0.228 bits per heavy atom. The third-order valence-electron chi connectivity index (χ3n) is 11.8. The third-order valence-corrected chi connectivity index (χ3v) is 11.8. The van der Waals surface area contributed by atoms with Gasteiger partial charge >= 0.3 is 0 Å². The summed E-state index contributed by atoms with van der Waals surface area (Å²) in [6, 6.07) is 77.4. The van der Waals surface area contributed by atoms with Gasteiger partial charge in [0.1, 0.15) is 0 Å². The zero-order chi connectivity index (χ0) is 37.5. The number of para-hydroxylation sites is 5. The average Bonchev–Trinajstić information content (AvgIpc) is 3.92. The van der Waals surface area contributed by atoms with Crippen LogP contribution in [0, 0.1) is 0 Å². The van der Waals surface area contributed by atoms with Gasteiger partial charge in [-0.1, -0.05) is 140 Å². The minimum atomic E-state index is 1.15. The summed E-state index contributed by atoms with van der Waals surface area (Å²) in [6.07, 6.45) is 0. The van der Waals surface area contributed by atoms with Crippen molar-refractivity contribution in [3.63, 3.8) is 0 Å². The van der Waals surface area contributed by atoms with Crippen molar-refractivity contribution in [1.29, 1.82) is 0 Å². The van der Waals surface area contributed by atoms with Gasteiger partial charge in [0.2, 0.25) is 0 Å². The Labute approximate surface area is 329 Å². The van der Waals surface area contributed by atoms with Gasteiger partial charge in [0.05, 0.1) is 33.1 Å². The Morgan fingerprint density at radius 2 is 0.649 bits per heavy atom. The van der Waals surface area contributed by atoms with E-state index in [9.17, 15) is 0 Å². The van der Waals surface area contributed by atoms with E-state index < -0.39 is 0 Å². The molecule has 0 aliphatic heterocycles. The maximum absolute atomic E-state index is 2.45. The van der Waals surface area contributed by atoms with Crippen molar-refractivity contribution < 1.29 is 0 Å². The molecule has 266 valence electrons. The normalized spacial score (nSPS) is 11.9. The summed E-state index contributed by atoms with van der Waals surface area (Å²) in [5.74, 6) is 0. The third kappa shape index (κ3) is 4.79. The second kappa shape index (κ2) is 12.5. The highest BCUT2D eigenvalue weighted by atomic mass is 15.0. The number of rotatable bonds is 5. The molecule has 0 amide bonds. The van der Waals surface area contributed by atoms with Crippen molar-refractivity contribution in [3.05, 3.63) is 212 Å². The van der Waals surface area contributed by atoms with E-state index in [-0.39, 0.29) is 0 Å². The monoisotopic (exact) mass is 725 g/mol. The Hall–Kier alpha value is -7.62. The maximum atomic E-state index is 2.45. The molecule has 9 aromatic carbocycles. The van der Waals surface area contributed by atoms with Crippen molar-refractivity contribution in [3.8, 4) is 39.3 Å². The first-order valence-electron chi connectivity index (χ1n) is 19.6. The van der Waals surface area contributed by atoms with Crippen LogP contribution in [0.2, 0.25) is 0 Å². The van der Waals surface area contributed by atoms with Crippen LogP contribution in [-0.4, -0.2) is 13.7 Å². The molecule has 3 heterocycles. The predicted molar refractivity (Wildman–Crippen MR) is 240 cm³/mol. The molecule has 0 bridgehead atoms. The van der Waals surface area contributed by atoms with Crippen LogP contribution < -0.4 is 0 Å². The van der Waals surface area contributed by atoms with E-state index >= 15 is 0 Å². The Balaban J connectivity index is 1.08. The highest BCUT2D eigenvalue weighted by Gasteiger charge is 2.21. The molecule has 3 aromatic heterocycles. The van der Waals surface area contributed by atoms with Crippen LogP contribution in [0.4, 0.5) is 0 Å². The molecule has 0 aliphatic rings. The minimum absolute atomic E-state index is 1.15. The zero-order valence-electron chi connectivity index (χ0n) is 31.0. The molecule has 0 spiro atoms. The summed E-state index contributed by atoms with van der Waals surface area (Å²) in [4.78, 5) is 0. The van der Waals surface area contributed by atoms with E-state index in [1.807, 2.05) is 0 Å². The second-order valence-electron chi connectivity index (χ2n) is 14.9. The second-order valence-corrected chi connectivity index (χ2v) is 14.9. The van der Waals surface area contributed by atoms with Crippen molar-refractivity contribution in [2.75, 3.05) is 0 Å². The number of hydrogen-bond donors (Lipinski definition) is 0. The van der Waals surface area contributed by atoms with Crippen LogP contribution in [0.25, 0.3) is 105 Å². The fourth-order valence-electron chi connectivity index (χ4n) is 9.32. The number of benzene rings is 9. The van der Waals surface area contributed by atoms with Crippen molar-refractivity contribution in [1.82, 2.24) is 13.7 Å². The van der Waals surface area contributed by atoms with Crippen LogP contribution in [0.5, 0.6) is 0 Å². The van der Waals surface area contributed by atoms with Crippen molar-refractivity contribution >= 4 is 65.4 Å². The number of nitrogens with zero attached hydrogens (tertiary/aromatic N) is 3. The Kier molecular flexibility index (Phi) is 6.93. The van der Waals surface area contributed by atoms with Gasteiger partial charge in [0.25, 0.3) is 0 Å². The molecule has 0 radical (unpaired) electrons. The Morgan fingerprint density at radius 3 is 1.26 bits per heavy atom. The SMILES string of the molecule is c1ccc(-n2c3ccccc3c3ccc(-c4cccc(-c5ccc6c7c(ccc8c9ccccc9n(-c9ccccc9)c87)n(-c7ccccc7)c6c5)c4)cc32)cc1. The lowest BCUT2D eigenvalue weighted by Gasteiger charge is -2.11. The number of aromatic nitrogens is 3. The van der Waals surface area contributed by atoms with Gasteiger partial charge in [-0.25, -0.2) is 0 Å². The fraction of sp³-hybridized carbons (Fsp3) is 0. The van der Waals surface area contributed by atoms with Crippen LogP contribution in [0.15, 0.2) is 212 Å². The zero-order valence-corrected chi connectivity index (χ0v) is 31.0. The molecule has 57 heavy (non-hydrogen) atoms. The van der Waals surface area contributed by atoms with Crippen molar-refractivity contribution in [2.45, 2.75) is 0 Å². The first kappa shape index (κ1) is 31.7. The molecular formula is C54H35N3. The number of fused-ring (bicyclic) bond motifs is 10. The summed E-state index contributed by atoms with van der Waals surface area (Å²) in [6.45, 7) is 0. The summed E-state index contributed by atoms with van der Waals surface area (Å²) in [5.41, 5.74) is 15.5. The summed E-state index contributed by atoms with van der Waals surface area (Å²) in [7, 11) is 0.